The van der Waals surface area contributed by atoms with Gasteiger partial charge in [-0.15, -0.1) is 0 Å². The minimum Gasteiger partial charge on any atom is -0.480 e. The number of hydrogen-bond donors (Lipinski definition) is 3. The third kappa shape index (κ3) is 10.4. The van der Waals surface area contributed by atoms with Gasteiger partial charge in [0.2, 0.25) is 5.91 Å². The van der Waals surface area contributed by atoms with Gasteiger partial charge in [0.25, 0.3) is 0 Å². The lowest BCUT2D eigenvalue weighted by atomic mass is 10.0. The lowest BCUT2D eigenvalue weighted by Gasteiger charge is -2.25. The molecule has 24 heavy (non-hydrogen) atoms. The SMILES string of the molecule is CSCCC(NC(=O)[C@H](CC(C)C)NC(=O)OC(C)(C)C)C(=O)O. The highest BCUT2D eigenvalue weighted by atomic mass is 32.2. The summed E-state index contributed by atoms with van der Waals surface area (Å²) in [5.74, 6) is -0.836. The number of carboxylic acids is 1. The summed E-state index contributed by atoms with van der Waals surface area (Å²) >= 11 is 1.51. The molecule has 0 spiro atoms. The van der Waals surface area contributed by atoms with E-state index >= 15 is 0 Å². The third-order valence-corrected chi connectivity index (χ3v) is 3.58. The van der Waals surface area contributed by atoms with Crippen molar-refractivity contribution < 1.29 is 24.2 Å². The van der Waals surface area contributed by atoms with Gasteiger partial charge in [-0.3, -0.25) is 4.79 Å². The number of carboxylic acid groups (broad SMARTS) is 1. The van der Waals surface area contributed by atoms with Crippen LogP contribution < -0.4 is 10.6 Å². The standard InChI is InChI=1S/C16H30N2O5S/c1-10(2)9-12(18-15(22)23-16(3,4)5)13(19)17-11(14(20)21)7-8-24-6/h10-12H,7-9H2,1-6H3,(H,17,19)(H,18,22)(H,20,21)/t11?,12-/m0/s1. The van der Waals surface area contributed by atoms with Crippen molar-refractivity contribution in [1.82, 2.24) is 10.6 Å². The first-order valence-electron chi connectivity index (χ1n) is 7.98. The minimum absolute atomic E-state index is 0.144. The molecule has 2 atom stereocenters. The molecule has 7 nitrogen and oxygen atoms in total. The second kappa shape index (κ2) is 10.4. The number of alkyl carbamates (subject to hydrolysis) is 1. The van der Waals surface area contributed by atoms with Crippen molar-refractivity contribution in [3.63, 3.8) is 0 Å². The summed E-state index contributed by atoms with van der Waals surface area (Å²) in [6.45, 7) is 9.02. The Bertz CT molecular complexity index is 435. The van der Waals surface area contributed by atoms with Crippen molar-refractivity contribution in [2.24, 2.45) is 5.92 Å². The Balaban J connectivity index is 4.92. The predicted molar refractivity (Wildman–Crippen MR) is 95.2 cm³/mol. The fraction of sp³-hybridized carbons (Fsp3) is 0.812. The van der Waals surface area contributed by atoms with Crippen molar-refractivity contribution in [3.05, 3.63) is 0 Å². The molecular formula is C16H30N2O5S. The number of rotatable bonds is 9. The van der Waals surface area contributed by atoms with E-state index < -0.39 is 35.7 Å². The van der Waals surface area contributed by atoms with E-state index in [-0.39, 0.29) is 5.92 Å². The molecule has 0 aliphatic rings. The number of thioether (sulfide) groups is 1. The van der Waals surface area contributed by atoms with Crippen molar-refractivity contribution >= 4 is 29.7 Å². The lowest BCUT2D eigenvalue weighted by Crippen LogP contribution is -2.52. The maximum absolute atomic E-state index is 12.4. The van der Waals surface area contributed by atoms with Crippen LogP contribution in [0.5, 0.6) is 0 Å². The number of amides is 2. The number of hydrogen-bond acceptors (Lipinski definition) is 5. The van der Waals surface area contributed by atoms with Gasteiger partial charge in [0.1, 0.15) is 17.7 Å². The summed E-state index contributed by atoms with van der Waals surface area (Å²) < 4.78 is 5.17. The molecule has 0 radical (unpaired) electrons. The molecule has 0 saturated heterocycles. The van der Waals surface area contributed by atoms with Crippen LogP contribution in [0.3, 0.4) is 0 Å². The van der Waals surface area contributed by atoms with E-state index in [0.29, 0.717) is 18.6 Å². The largest absolute Gasteiger partial charge is 0.480 e. The van der Waals surface area contributed by atoms with Gasteiger partial charge in [-0.25, -0.2) is 9.59 Å². The molecule has 1 unspecified atom stereocenters. The first kappa shape index (κ1) is 22.6. The predicted octanol–water partition coefficient (Wildman–Crippen LogP) is 2.25. The molecule has 0 saturated carbocycles. The highest BCUT2D eigenvalue weighted by Gasteiger charge is 2.28. The molecule has 2 amide bonds. The molecular weight excluding hydrogens is 332 g/mol. The number of aliphatic carboxylic acids is 1. The lowest BCUT2D eigenvalue weighted by molar-refractivity contribution is -0.142. The fourth-order valence-corrected chi connectivity index (χ4v) is 2.39. The van der Waals surface area contributed by atoms with E-state index in [1.807, 2.05) is 20.1 Å². The minimum atomic E-state index is -1.09. The topological polar surface area (TPSA) is 105 Å². The van der Waals surface area contributed by atoms with Crippen molar-refractivity contribution in [2.45, 2.75) is 65.1 Å². The second-order valence-corrected chi connectivity index (χ2v) is 7.99. The van der Waals surface area contributed by atoms with Crippen molar-refractivity contribution in [2.75, 3.05) is 12.0 Å². The van der Waals surface area contributed by atoms with Crippen LogP contribution in [0.25, 0.3) is 0 Å². The summed E-state index contributed by atoms with van der Waals surface area (Å²) in [7, 11) is 0. The number of ether oxygens (including phenoxy) is 1. The van der Waals surface area contributed by atoms with Gasteiger partial charge in [0, 0.05) is 0 Å². The summed E-state index contributed by atoms with van der Waals surface area (Å²) in [6, 6.07) is -1.81. The summed E-state index contributed by atoms with van der Waals surface area (Å²) in [4.78, 5) is 35.6. The number of nitrogens with one attached hydrogen (secondary N) is 2. The van der Waals surface area contributed by atoms with E-state index in [2.05, 4.69) is 10.6 Å². The van der Waals surface area contributed by atoms with E-state index in [1.165, 1.54) is 11.8 Å². The van der Waals surface area contributed by atoms with Crippen LogP contribution in [0.2, 0.25) is 0 Å². The molecule has 0 heterocycles. The Labute approximate surface area is 148 Å². The van der Waals surface area contributed by atoms with E-state index in [0.717, 1.165) is 0 Å². The normalized spacial score (nSPS) is 14.0. The van der Waals surface area contributed by atoms with Gasteiger partial charge < -0.3 is 20.5 Å². The van der Waals surface area contributed by atoms with Crippen LogP contribution in [0.1, 0.15) is 47.5 Å². The molecule has 0 aromatic heterocycles. The third-order valence-electron chi connectivity index (χ3n) is 2.94. The Morgan fingerprint density at radius 3 is 2.12 bits per heavy atom. The molecule has 0 aromatic carbocycles. The first-order chi connectivity index (χ1) is 11.0. The Kier molecular flexibility index (Phi) is 9.80. The van der Waals surface area contributed by atoms with Gasteiger partial charge in [0.05, 0.1) is 0 Å². The molecule has 3 N–H and O–H groups in total. The van der Waals surface area contributed by atoms with E-state index in [1.54, 1.807) is 20.8 Å². The zero-order valence-corrected chi connectivity index (χ0v) is 16.2. The first-order valence-corrected chi connectivity index (χ1v) is 9.37. The van der Waals surface area contributed by atoms with E-state index in [9.17, 15) is 19.5 Å². The smallest absolute Gasteiger partial charge is 0.408 e. The molecule has 0 rings (SSSR count). The maximum atomic E-state index is 12.4. The highest BCUT2D eigenvalue weighted by molar-refractivity contribution is 7.98. The van der Waals surface area contributed by atoms with Crippen LogP contribution in [0.4, 0.5) is 4.79 Å². The summed E-state index contributed by atoms with van der Waals surface area (Å²) in [5.41, 5.74) is -0.676. The maximum Gasteiger partial charge on any atom is 0.408 e. The van der Waals surface area contributed by atoms with Crippen LogP contribution in [0.15, 0.2) is 0 Å². The van der Waals surface area contributed by atoms with Crippen molar-refractivity contribution in [3.8, 4) is 0 Å². The van der Waals surface area contributed by atoms with E-state index in [4.69, 9.17) is 4.74 Å². The van der Waals surface area contributed by atoms with Gasteiger partial charge in [-0.1, -0.05) is 13.8 Å². The van der Waals surface area contributed by atoms with Gasteiger partial charge >= 0.3 is 12.1 Å². The van der Waals surface area contributed by atoms with Crippen LogP contribution in [-0.2, 0) is 14.3 Å². The van der Waals surface area contributed by atoms with Crippen molar-refractivity contribution in [1.29, 1.82) is 0 Å². The van der Waals surface area contributed by atoms with Gasteiger partial charge in [-0.05, 0) is 51.5 Å². The number of carbonyl (C=O) groups is 3. The molecule has 0 bridgehead atoms. The molecule has 0 aromatic rings. The molecule has 0 aliphatic heterocycles. The molecule has 8 heteroatoms. The molecule has 140 valence electrons. The highest BCUT2D eigenvalue weighted by Crippen LogP contribution is 2.10. The van der Waals surface area contributed by atoms with Crippen LogP contribution >= 0.6 is 11.8 Å². The Morgan fingerprint density at radius 2 is 1.71 bits per heavy atom. The Morgan fingerprint density at radius 1 is 1.12 bits per heavy atom. The van der Waals surface area contributed by atoms with Gasteiger partial charge in [-0.2, -0.15) is 11.8 Å². The van der Waals surface area contributed by atoms with Crippen LogP contribution in [0, 0.1) is 5.92 Å². The molecule has 0 fully saturated rings. The fourth-order valence-electron chi connectivity index (χ4n) is 1.92. The zero-order chi connectivity index (χ0) is 18.9. The summed E-state index contributed by atoms with van der Waals surface area (Å²) in [6.07, 6.45) is 1.88. The van der Waals surface area contributed by atoms with Crippen LogP contribution in [-0.4, -0.2) is 52.8 Å². The summed E-state index contributed by atoms with van der Waals surface area (Å²) in [5, 5.41) is 14.2. The number of carbonyl (C=O) groups excluding carboxylic acids is 2. The van der Waals surface area contributed by atoms with Gasteiger partial charge in [0.15, 0.2) is 0 Å². The molecule has 0 aliphatic carbocycles. The Hall–Kier alpha value is -1.44. The average molecular weight is 362 g/mol. The quantitative estimate of drug-likeness (QED) is 0.581. The second-order valence-electron chi connectivity index (χ2n) is 7.01. The zero-order valence-electron chi connectivity index (χ0n) is 15.3. The average Bonchev–Trinajstić information content (AvgIpc) is 2.39. The monoisotopic (exact) mass is 362 g/mol.